The molecule has 0 unspecified atom stereocenters. The Morgan fingerprint density at radius 3 is 2.27 bits per heavy atom. The van der Waals surface area contributed by atoms with Crippen LogP contribution >= 0.6 is 0 Å². The molecule has 1 fully saturated rings. The van der Waals surface area contributed by atoms with Gasteiger partial charge in [-0.3, -0.25) is 4.79 Å². The molecule has 1 saturated carbocycles. The van der Waals surface area contributed by atoms with Gasteiger partial charge in [-0.2, -0.15) is 0 Å². The molecular weight excluding hydrogens is 191 g/mol. The molecule has 15 heavy (non-hydrogen) atoms. The summed E-state index contributed by atoms with van der Waals surface area (Å²) >= 11 is 0. The van der Waals surface area contributed by atoms with Crippen LogP contribution in [0.5, 0.6) is 0 Å². The van der Waals surface area contributed by atoms with Crippen LogP contribution in [0.25, 0.3) is 0 Å². The number of benzene rings is 1. The summed E-state index contributed by atoms with van der Waals surface area (Å²) in [7, 11) is 0. The van der Waals surface area contributed by atoms with Crippen LogP contribution in [-0.2, 0) is 0 Å². The standard InChI is InChI=1S/C13H15FO/c14-13(9-5-2-6-10-13)12(15)11-7-3-1-4-8-11/h1,3-4,7-8H,2,5-6,9-10H2. The summed E-state index contributed by atoms with van der Waals surface area (Å²) < 4.78 is 14.3. The normalized spacial score (nSPS) is 19.8. The minimum Gasteiger partial charge on any atom is -0.291 e. The molecule has 0 radical (unpaired) electrons. The lowest BCUT2D eigenvalue weighted by molar-refractivity contribution is 0.0569. The second-order valence-electron chi connectivity index (χ2n) is 4.22. The van der Waals surface area contributed by atoms with Gasteiger partial charge in [0.15, 0.2) is 11.5 Å². The lowest BCUT2D eigenvalue weighted by Crippen LogP contribution is -2.35. The molecule has 0 bridgehead atoms. The Labute approximate surface area is 89.3 Å². The van der Waals surface area contributed by atoms with Crippen LogP contribution in [0.2, 0.25) is 0 Å². The number of halogens is 1. The maximum Gasteiger partial charge on any atom is 0.199 e. The van der Waals surface area contributed by atoms with E-state index in [2.05, 4.69) is 0 Å². The average Bonchev–Trinajstić information content (AvgIpc) is 2.30. The number of Topliss-reactive ketones (excluding diaryl/α,β-unsaturated/α-hetero) is 1. The Hall–Kier alpha value is -1.18. The summed E-state index contributed by atoms with van der Waals surface area (Å²) in [5.74, 6) is -0.331. The number of carbonyl (C=O) groups excluding carboxylic acids is 1. The third kappa shape index (κ3) is 2.09. The molecule has 1 aliphatic carbocycles. The van der Waals surface area contributed by atoms with Crippen LogP contribution in [0.4, 0.5) is 4.39 Å². The molecule has 0 atom stereocenters. The van der Waals surface area contributed by atoms with Gasteiger partial charge in [-0.1, -0.05) is 36.8 Å². The molecule has 0 heterocycles. The topological polar surface area (TPSA) is 17.1 Å². The maximum atomic E-state index is 14.3. The van der Waals surface area contributed by atoms with Crippen molar-refractivity contribution in [2.75, 3.05) is 0 Å². The molecule has 1 nitrogen and oxygen atoms in total. The third-order valence-corrected chi connectivity index (χ3v) is 3.09. The first-order valence-electron chi connectivity index (χ1n) is 5.51. The quantitative estimate of drug-likeness (QED) is 0.676. The molecule has 2 rings (SSSR count). The maximum absolute atomic E-state index is 14.3. The second kappa shape index (κ2) is 4.13. The summed E-state index contributed by atoms with van der Waals surface area (Å²) in [5.41, 5.74) is -1.10. The van der Waals surface area contributed by atoms with Gasteiger partial charge < -0.3 is 0 Å². The minimum atomic E-state index is -1.60. The second-order valence-corrected chi connectivity index (χ2v) is 4.22. The zero-order chi connectivity index (χ0) is 10.7. The van der Waals surface area contributed by atoms with Gasteiger partial charge in [-0.05, 0) is 25.7 Å². The van der Waals surface area contributed by atoms with E-state index in [-0.39, 0.29) is 5.78 Å². The number of alkyl halides is 1. The van der Waals surface area contributed by atoms with E-state index in [0.717, 1.165) is 19.3 Å². The predicted molar refractivity (Wildman–Crippen MR) is 57.7 cm³/mol. The van der Waals surface area contributed by atoms with Gasteiger partial charge in [0.2, 0.25) is 0 Å². The highest BCUT2D eigenvalue weighted by molar-refractivity contribution is 6.02. The van der Waals surface area contributed by atoms with Crippen LogP contribution in [0.3, 0.4) is 0 Å². The molecule has 0 N–H and O–H groups in total. The molecule has 0 aromatic heterocycles. The van der Waals surface area contributed by atoms with Crippen molar-refractivity contribution in [2.45, 2.75) is 37.8 Å². The Bertz CT molecular complexity index is 339. The fourth-order valence-corrected chi connectivity index (χ4v) is 2.19. The molecule has 0 amide bonds. The molecular formula is C13H15FO. The largest absolute Gasteiger partial charge is 0.291 e. The smallest absolute Gasteiger partial charge is 0.199 e. The molecule has 80 valence electrons. The Balaban J connectivity index is 2.20. The van der Waals surface area contributed by atoms with Gasteiger partial charge >= 0.3 is 0 Å². The van der Waals surface area contributed by atoms with E-state index in [1.807, 2.05) is 6.07 Å². The van der Waals surface area contributed by atoms with Gasteiger partial charge in [0.05, 0.1) is 0 Å². The van der Waals surface area contributed by atoms with Crippen LogP contribution in [-0.4, -0.2) is 11.5 Å². The fourth-order valence-electron chi connectivity index (χ4n) is 2.19. The monoisotopic (exact) mass is 206 g/mol. The third-order valence-electron chi connectivity index (χ3n) is 3.09. The van der Waals surface area contributed by atoms with Crippen molar-refractivity contribution in [1.29, 1.82) is 0 Å². The van der Waals surface area contributed by atoms with Crippen molar-refractivity contribution in [3.63, 3.8) is 0 Å². The average molecular weight is 206 g/mol. The number of ketones is 1. The van der Waals surface area contributed by atoms with E-state index in [4.69, 9.17) is 0 Å². The van der Waals surface area contributed by atoms with Crippen molar-refractivity contribution >= 4 is 5.78 Å². The van der Waals surface area contributed by atoms with Gasteiger partial charge in [-0.25, -0.2) is 4.39 Å². The Kier molecular flexibility index (Phi) is 2.85. The van der Waals surface area contributed by atoms with E-state index in [0.29, 0.717) is 18.4 Å². The number of hydrogen-bond acceptors (Lipinski definition) is 1. The van der Waals surface area contributed by atoms with Crippen molar-refractivity contribution in [3.8, 4) is 0 Å². The van der Waals surface area contributed by atoms with E-state index in [9.17, 15) is 9.18 Å². The molecule has 0 spiro atoms. The molecule has 1 aromatic carbocycles. The number of rotatable bonds is 2. The Morgan fingerprint density at radius 2 is 1.67 bits per heavy atom. The summed E-state index contributed by atoms with van der Waals surface area (Å²) in [6, 6.07) is 8.78. The summed E-state index contributed by atoms with van der Waals surface area (Å²) in [5, 5.41) is 0. The first-order valence-corrected chi connectivity index (χ1v) is 5.51. The highest BCUT2D eigenvalue weighted by Crippen LogP contribution is 2.34. The first-order chi connectivity index (χ1) is 7.22. The highest BCUT2D eigenvalue weighted by atomic mass is 19.1. The van der Waals surface area contributed by atoms with Crippen molar-refractivity contribution < 1.29 is 9.18 Å². The summed E-state index contributed by atoms with van der Waals surface area (Å²) in [6.45, 7) is 0. The lowest BCUT2D eigenvalue weighted by Gasteiger charge is -2.27. The predicted octanol–water partition coefficient (Wildman–Crippen LogP) is 3.54. The molecule has 0 aliphatic heterocycles. The summed E-state index contributed by atoms with van der Waals surface area (Å²) in [4.78, 5) is 11.9. The van der Waals surface area contributed by atoms with Gasteiger partial charge in [0, 0.05) is 5.56 Å². The molecule has 2 heteroatoms. The zero-order valence-electron chi connectivity index (χ0n) is 8.71. The van der Waals surface area contributed by atoms with Gasteiger partial charge in [0.25, 0.3) is 0 Å². The van der Waals surface area contributed by atoms with E-state index < -0.39 is 5.67 Å². The van der Waals surface area contributed by atoms with Gasteiger partial charge in [0.1, 0.15) is 0 Å². The van der Waals surface area contributed by atoms with Crippen LogP contribution < -0.4 is 0 Å². The highest BCUT2D eigenvalue weighted by Gasteiger charge is 2.39. The van der Waals surface area contributed by atoms with Crippen LogP contribution in [0.15, 0.2) is 30.3 Å². The van der Waals surface area contributed by atoms with E-state index in [1.165, 1.54) is 0 Å². The number of hydrogen-bond donors (Lipinski definition) is 0. The zero-order valence-corrected chi connectivity index (χ0v) is 8.71. The lowest BCUT2D eigenvalue weighted by atomic mass is 9.81. The van der Waals surface area contributed by atoms with Crippen LogP contribution in [0.1, 0.15) is 42.5 Å². The molecule has 0 saturated heterocycles. The van der Waals surface area contributed by atoms with Crippen molar-refractivity contribution in [3.05, 3.63) is 35.9 Å². The van der Waals surface area contributed by atoms with Crippen molar-refractivity contribution in [2.24, 2.45) is 0 Å². The number of carbonyl (C=O) groups is 1. The Morgan fingerprint density at radius 1 is 1.07 bits per heavy atom. The van der Waals surface area contributed by atoms with E-state index >= 15 is 0 Å². The molecule has 1 aliphatic rings. The van der Waals surface area contributed by atoms with E-state index in [1.54, 1.807) is 24.3 Å². The SMILES string of the molecule is O=C(c1ccccc1)C1(F)CCCCC1. The summed E-state index contributed by atoms with van der Waals surface area (Å²) in [6.07, 6.45) is 3.49. The fraction of sp³-hybridized carbons (Fsp3) is 0.462. The minimum absolute atomic E-state index is 0.331. The van der Waals surface area contributed by atoms with Gasteiger partial charge in [-0.15, -0.1) is 0 Å². The van der Waals surface area contributed by atoms with Crippen LogP contribution in [0, 0.1) is 0 Å². The van der Waals surface area contributed by atoms with Crippen molar-refractivity contribution in [1.82, 2.24) is 0 Å². The molecule has 1 aromatic rings. The first kappa shape index (κ1) is 10.3.